The number of imidazole rings is 1. The van der Waals surface area contributed by atoms with Crippen LogP contribution < -0.4 is 4.90 Å². The van der Waals surface area contributed by atoms with Crippen LogP contribution in [0.1, 0.15) is 0 Å². The van der Waals surface area contributed by atoms with Gasteiger partial charge in [-0.3, -0.25) is 10.1 Å². The Morgan fingerprint density at radius 2 is 1.75 bits per heavy atom. The molecule has 9 nitrogen and oxygen atoms in total. The summed E-state index contributed by atoms with van der Waals surface area (Å²) in [7, 11) is -1.84. The van der Waals surface area contributed by atoms with Crippen LogP contribution in [0.5, 0.6) is 0 Å². The lowest BCUT2D eigenvalue weighted by Gasteiger charge is -2.34. The van der Waals surface area contributed by atoms with Crippen LogP contribution in [0.2, 0.25) is 0 Å². The summed E-state index contributed by atoms with van der Waals surface area (Å²) >= 11 is 0. The predicted octanol–water partition coefficient (Wildman–Crippen LogP) is 1.99. The van der Waals surface area contributed by atoms with Gasteiger partial charge in [0, 0.05) is 45.4 Å². The number of nitro groups is 1. The first-order valence-corrected chi connectivity index (χ1v) is 10.2. The number of non-ortho nitro benzene ring substituents is 1. The summed E-state index contributed by atoms with van der Waals surface area (Å²) in [5, 5.41) is 10.9. The fraction of sp³-hybridized carbons (Fsp3) is 0.278. The molecule has 2 heterocycles. The molecule has 0 atom stereocenters. The highest BCUT2D eigenvalue weighted by Gasteiger charge is 2.30. The van der Waals surface area contributed by atoms with Crippen molar-refractivity contribution >= 4 is 32.7 Å². The van der Waals surface area contributed by atoms with Crippen LogP contribution in [-0.4, -0.2) is 53.4 Å². The van der Waals surface area contributed by atoms with E-state index in [-0.39, 0.29) is 23.7 Å². The molecular weight excluding hydrogens is 382 g/mol. The Bertz CT molecular complexity index is 1150. The number of piperazine rings is 1. The van der Waals surface area contributed by atoms with E-state index in [1.165, 1.54) is 22.5 Å². The third kappa shape index (κ3) is 3.10. The molecule has 4 rings (SSSR count). The zero-order chi connectivity index (χ0) is 19.9. The van der Waals surface area contributed by atoms with Crippen LogP contribution in [0.3, 0.4) is 0 Å². The molecule has 0 spiro atoms. The topological polar surface area (TPSA) is 102 Å². The van der Waals surface area contributed by atoms with Crippen molar-refractivity contribution in [2.75, 3.05) is 31.1 Å². The minimum absolute atomic E-state index is 0.0575. The molecule has 1 aromatic heterocycles. The number of benzene rings is 2. The Hall–Kier alpha value is -2.98. The summed E-state index contributed by atoms with van der Waals surface area (Å²) in [6, 6.07) is 13.0. The molecule has 10 heteroatoms. The van der Waals surface area contributed by atoms with E-state index in [1.54, 1.807) is 0 Å². The highest BCUT2D eigenvalue weighted by molar-refractivity contribution is 7.89. The molecule has 0 N–H and O–H groups in total. The van der Waals surface area contributed by atoms with Crippen LogP contribution in [0, 0.1) is 10.1 Å². The maximum atomic E-state index is 12.9. The quantitative estimate of drug-likeness (QED) is 0.489. The van der Waals surface area contributed by atoms with Gasteiger partial charge in [-0.15, -0.1) is 0 Å². The minimum atomic E-state index is -3.78. The fourth-order valence-corrected chi connectivity index (χ4v) is 4.91. The third-order valence-corrected chi connectivity index (χ3v) is 6.85. The molecule has 146 valence electrons. The van der Waals surface area contributed by atoms with Crippen molar-refractivity contribution in [1.82, 2.24) is 13.9 Å². The van der Waals surface area contributed by atoms with Crippen molar-refractivity contribution in [3.8, 4) is 0 Å². The Kier molecular flexibility index (Phi) is 4.52. The zero-order valence-electron chi connectivity index (χ0n) is 15.2. The molecule has 1 saturated heterocycles. The van der Waals surface area contributed by atoms with E-state index in [9.17, 15) is 18.5 Å². The maximum absolute atomic E-state index is 12.9. The molecule has 3 aromatic rings. The SMILES string of the molecule is Cn1c(N2CCN(S(=O)(=O)c3cccc([N+](=O)[O-])c3)CC2)nc2ccccc21. The monoisotopic (exact) mass is 401 g/mol. The van der Waals surface area contributed by atoms with E-state index in [4.69, 9.17) is 0 Å². The van der Waals surface area contributed by atoms with Gasteiger partial charge in [-0.1, -0.05) is 18.2 Å². The second-order valence-corrected chi connectivity index (χ2v) is 8.54. The fourth-order valence-electron chi connectivity index (χ4n) is 3.45. The average Bonchev–Trinajstić information content (AvgIpc) is 3.05. The van der Waals surface area contributed by atoms with Crippen molar-refractivity contribution in [3.63, 3.8) is 0 Å². The van der Waals surface area contributed by atoms with Crippen molar-refractivity contribution in [2.24, 2.45) is 7.05 Å². The minimum Gasteiger partial charge on any atom is -0.340 e. The molecule has 28 heavy (non-hydrogen) atoms. The molecule has 0 saturated carbocycles. The number of para-hydroxylation sites is 2. The number of sulfonamides is 1. The number of fused-ring (bicyclic) bond motifs is 1. The number of hydrogen-bond donors (Lipinski definition) is 0. The van der Waals surface area contributed by atoms with Crippen molar-refractivity contribution < 1.29 is 13.3 Å². The largest absolute Gasteiger partial charge is 0.340 e. The first kappa shape index (κ1) is 18.4. The number of anilines is 1. The first-order valence-electron chi connectivity index (χ1n) is 8.79. The summed E-state index contributed by atoms with van der Waals surface area (Å²) in [6.07, 6.45) is 0. The van der Waals surface area contributed by atoms with Gasteiger partial charge in [0.25, 0.3) is 5.69 Å². The molecule has 0 bridgehead atoms. The standard InChI is InChI=1S/C18H19N5O4S/c1-20-17-8-3-2-7-16(17)19-18(20)21-9-11-22(12-10-21)28(26,27)15-6-4-5-14(13-15)23(24)25/h2-8,13H,9-12H2,1H3. The maximum Gasteiger partial charge on any atom is 0.270 e. The predicted molar refractivity (Wildman–Crippen MR) is 105 cm³/mol. The number of nitrogens with zero attached hydrogens (tertiary/aromatic N) is 5. The van der Waals surface area contributed by atoms with E-state index in [0.29, 0.717) is 13.1 Å². The molecule has 0 radical (unpaired) electrons. The normalized spacial score (nSPS) is 15.8. The molecule has 1 aliphatic heterocycles. The Morgan fingerprint density at radius 1 is 1.04 bits per heavy atom. The van der Waals surface area contributed by atoms with Crippen molar-refractivity contribution in [1.29, 1.82) is 0 Å². The average molecular weight is 401 g/mol. The highest BCUT2D eigenvalue weighted by Crippen LogP contribution is 2.25. The van der Waals surface area contributed by atoms with Gasteiger partial charge in [0.2, 0.25) is 16.0 Å². The molecule has 0 amide bonds. The highest BCUT2D eigenvalue weighted by atomic mass is 32.2. The second-order valence-electron chi connectivity index (χ2n) is 6.61. The van der Waals surface area contributed by atoms with Gasteiger partial charge in [-0.25, -0.2) is 13.4 Å². The second kappa shape index (κ2) is 6.88. The van der Waals surface area contributed by atoms with E-state index in [0.717, 1.165) is 23.0 Å². The zero-order valence-corrected chi connectivity index (χ0v) is 16.0. The van der Waals surface area contributed by atoms with E-state index in [1.807, 2.05) is 35.9 Å². The van der Waals surface area contributed by atoms with E-state index in [2.05, 4.69) is 9.88 Å². The van der Waals surface area contributed by atoms with Gasteiger partial charge >= 0.3 is 0 Å². The third-order valence-electron chi connectivity index (χ3n) is 4.95. The van der Waals surface area contributed by atoms with Crippen LogP contribution in [-0.2, 0) is 17.1 Å². The molecular formula is C18H19N5O4S. The lowest BCUT2D eigenvalue weighted by molar-refractivity contribution is -0.385. The summed E-state index contributed by atoms with van der Waals surface area (Å²) in [5.41, 5.74) is 1.68. The number of aryl methyl sites for hydroxylation is 1. The van der Waals surface area contributed by atoms with Gasteiger partial charge in [0.05, 0.1) is 20.9 Å². The number of hydrogen-bond acceptors (Lipinski definition) is 6. The van der Waals surface area contributed by atoms with Gasteiger partial charge < -0.3 is 9.47 Å². The van der Waals surface area contributed by atoms with E-state index < -0.39 is 14.9 Å². The Morgan fingerprint density at radius 3 is 2.43 bits per heavy atom. The molecule has 2 aromatic carbocycles. The van der Waals surface area contributed by atoms with Gasteiger partial charge in [-0.05, 0) is 18.2 Å². The van der Waals surface area contributed by atoms with Gasteiger partial charge in [0.15, 0.2) is 0 Å². The van der Waals surface area contributed by atoms with Crippen molar-refractivity contribution in [3.05, 3.63) is 58.6 Å². The Labute approximate surface area is 162 Å². The van der Waals surface area contributed by atoms with E-state index >= 15 is 0 Å². The van der Waals surface area contributed by atoms with Crippen molar-refractivity contribution in [2.45, 2.75) is 4.90 Å². The summed E-state index contributed by atoms with van der Waals surface area (Å²) in [4.78, 5) is 17.0. The Balaban J connectivity index is 1.54. The van der Waals surface area contributed by atoms with Crippen LogP contribution >= 0.6 is 0 Å². The number of nitro benzene ring substituents is 1. The molecule has 0 aliphatic carbocycles. The lowest BCUT2D eigenvalue weighted by atomic mass is 10.3. The first-order chi connectivity index (χ1) is 13.4. The summed E-state index contributed by atoms with van der Waals surface area (Å²) < 4.78 is 29.1. The molecule has 1 aliphatic rings. The van der Waals surface area contributed by atoms with Crippen LogP contribution in [0.4, 0.5) is 11.6 Å². The lowest BCUT2D eigenvalue weighted by Crippen LogP contribution is -2.49. The van der Waals surface area contributed by atoms with Crippen LogP contribution in [0.15, 0.2) is 53.4 Å². The van der Waals surface area contributed by atoms with Gasteiger partial charge in [0.1, 0.15) is 0 Å². The molecule has 1 fully saturated rings. The van der Waals surface area contributed by atoms with Gasteiger partial charge in [-0.2, -0.15) is 4.31 Å². The molecule has 0 unspecified atom stereocenters. The number of rotatable bonds is 4. The number of aromatic nitrogens is 2. The summed E-state index contributed by atoms with van der Waals surface area (Å²) in [5.74, 6) is 0.800. The summed E-state index contributed by atoms with van der Waals surface area (Å²) in [6.45, 7) is 1.55. The smallest absolute Gasteiger partial charge is 0.270 e. The van der Waals surface area contributed by atoms with Crippen LogP contribution in [0.25, 0.3) is 11.0 Å².